The Kier molecular flexibility index (Phi) is 5.37. The summed E-state index contributed by atoms with van der Waals surface area (Å²) in [5, 5.41) is 0. The van der Waals surface area contributed by atoms with Crippen LogP contribution in [-0.2, 0) is 24.4 Å². The Morgan fingerprint density at radius 1 is 0.933 bits per heavy atom. The molecule has 0 aromatic heterocycles. The van der Waals surface area contributed by atoms with Crippen molar-refractivity contribution in [2.75, 3.05) is 0 Å². The summed E-state index contributed by atoms with van der Waals surface area (Å²) < 4.78 is 12.0. The van der Waals surface area contributed by atoms with E-state index in [1.807, 2.05) is 0 Å². The van der Waals surface area contributed by atoms with Gasteiger partial charge in [0.1, 0.15) is 0 Å². The first-order chi connectivity index (χ1) is 12.5. The molecule has 0 radical (unpaired) electrons. The first kappa shape index (κ1) is 26.6. The Labute approximate surface area is 190 Å². The molecule has 3 aliphatic carbocycles. The molecule has 0 nitrogen and oxygen atoms in total. The maximum Gasteiger partial charge on any atom is -1.00 e. The second-order valence-electron chi connectivity index (χ2n) is 16.0. The Morgan fingerprint density at radius 3 is 2.20 bits per heavy atom. The van der Waals surface area contributed by atoms with Crippen LogP contribution in [-0.4, -0.2) is 13.8 Å². The molecular weight excluding hydrogens is 519 g/mol. The number of fused-ring (bicyclic) bond motifs is 2. The normalized spacial score (nSPS) is 26.8. The molecule has 0 heterocycles. The van der Waals surface area contributed by atoms with Crippen LogP contribution in [0, 0.1) is 0 Å². The molecule has 2 atom stereocenters. The van der Waals surface area contributed by atoms with E-state index in [-0.39, 0.29) is 24.8 Å². The van der Waals surface area contributed by atoms with Gasteiger partial charge in [-0.3, -0.25) is 0 Å². The van der Waals surface area contributed by atoms with Crippen LogP contribution in [0.25, 0.3) is 6.08 Å². The molecule has 0 spiro atoms. The number of hydrogen-bond donors (Lipinski definition) is 0. The van der Waals surface area contributed by atoms with Gasteiger partial charge in [-0.15, -0.1) is 0 Å². The Morgan fingerprint density at radius 2 is 1.57 bits per heavy atom. The summed E-state index contributed by atoms with van der Waals surface area (Å²) in [6, 6.07) is 5.12. The van der Waals surface area contributed by atoms with Crippen LogP contribution in [0.15, 0.2) is 42.0 Å². The largest absolute Gasteiger partial charge is 1.00 e. The summed E-state index contributed by atoms with van der Waals surface area (Å²) in [7, 11) is 0. The summed E-state index contributed by atoms with van der Waals surface area (Å²) in [6.07, 6.45) is 20.4. The van der Waals surface area contributed by atoms with E-state index in [9.17, 15) is 0 Å². The summed E-state index contributed by atoms with van der Waals surface area (Å²) >= 11 is -4.68. The second-order valence-corrected chi connectivity index (χ2v) is 120. The van der Waals surface area contributed by atoms with Gasteiger partial charge < -0.3 is 24.8 Å². The van der Waals surface area contributed by atoms with Gasteiger partial charge in [-0.2, -0.15) is 0 Å². The maximum absolute atomic E-state index is 4.68. The number of hydrogen-bond acceptors (Lipinski definition) is 0. The number of unbranched alkanes of at least 4 members (excludes halogenated alkanes) is 1. The molecule has 30 heavy (non-hydrogen) atoms. The maximum atomic E-state index is 2.74. The number of halogens is 2. The van der Waals surface area contributed by atoms with Crippen LogP contribution < -0.4 is 24.8 Å². The third-order valence-electron chi connectivity index (χ3n) is 8.69. The van der Waals surface area contributed by atoms with Gasteiger partial charge in [-0.1, -0.05) is 0 Å². The minimum absolute atomic E-state index is 0. The fourth-order valence-electron chi connectivity index (χ4n) is 6.29. The van der Waals surface area contributed by atoms with Gasteiger partial charge in [-0.25, -0.2) is 0 Å². The number of aryl methyl sites for hydroxylation is 2. The zero-order valence-electron chi connectivity index (χ0n) is 19.6. The number of rotatable bonds is 5. The topological polar surface area (TPSA) is 0 Å². The Balaban J connectivity index is 0.00000160. The van der Waals surface area contributed by atoms with Gasteiger partial charge in [0.15, 0.2) is 0 Å². The monoisotopic (exact) mass is 556 g/mol. The molecule has 0 bridgehead atoms. The molecule has 0 amide bonds. The van der Waals surface area contributed by atoms with Gasteiger partial charge >= 0.3 is 167 Å². The SMILES string of the molecule is CCCCC1=C[CH]([Zr]([CH3])([CH3])([CH3])([CH3])(=[SiH2])(=[SiH2])[CH]2C=Cc3cc4c(cc32)CCC4)C=C1.[Cl-].[Cl-]. The minimum Gasteiger partial charge on any atom is -1.00 e. The fraction of sp³-hybridized carbons (Fsp3) is 0.520. The van der Waals surface area contributed by atoms with E-state index in [4.69, 9.17) is 0 Å². The molecule has 0 aliphatic heterocycles. The smallest absolute Gasteiger partial charge is 1.00 e. The van der Waals surface area contributed by atoms with Gasteiger partial charge in [0, 0.05) is 0 Å². The summed E-state index contributed by atoms with van der Waals surface area (Å²) in [5.41, 5.74) is 7.91. The van der Waals surface area contributed by atoms with Crippen molar-refractivity contribution < 1.29 is 36.4 Å². The van der Waals surface area contributed by atoms with Crippen LogP contribution in [0.2, 0.25) is 22.2 Å². The zero-order valence-corrected chi connectivity index (χ0v) is 26.4. The van der Waals surface area contributed by atoms with Crippen molar-refractivity contribution in [1.29, 1.82) is 0 Å². The van der Waals surface area contributed by atoms with Crippen LogP contribution in [0.4, 0.5) is 0 Å². The standard InChI is InChI=1S/C12H11.C9H13.4CH3.2ClH.2H2Si.Zr/c1-3-9-7-11-5-2-6-12(11)8-10(9)4-1;1-2-3-6-9-7-4-5-8-9;;;;;;;;;/h1,3-4,7-8H,2,5-6H2;4-5,7-8H,2-3,6H2,1H3;4*1H3;2*1H;2*1H2;/p-2. The predicted molar refractivity (Wildman–Crippen MR) is 131 cm³/mol. The summed E-state index contributed by atoms with van der Waals surface area (Å²) in [6.45, 7) is 7.16. The van der Waals surface area contributed by atoms with E-state index in [1.165, 1.54) is 44.1 Å². The molecule has 0 saturated carbocycles. The summed E-state index contributed by atoms with van der Waals surface area (Å²) in [4.78, 5) is 0. The van der Waals surface area contributed by atoms with E-state index < -0.39 is 11.6 Å². The molecule has 2 unspecified atom stereocenters. The van der Waals surface area contributed by atoms with Gasteiger partial charge in [0.2, 0.25) is 0 Å². The molecule has 0 fully saturated rings. The third kappa shape index (κ3) is 4.05. The first-order valence-electron chi connectivity index (χ1n) is 11.5. The Bertz CT molecular complexity index is 1250. The van der Waals surface area contributed by atoms with Crippen molar-refractivity contribution in [3.8, 4) is 0 Å². The van der Waals surface area contributed by atoms with E-state index in [2.05, 4.69) is 81.7 Å². The summed E-state index contributed by atoms with van der Waals surface area (Å²) in [5.74, 6) is 0. The molecule has 3 aliphatic rings. The van der Waals surface area contributed by atoms with E-state index in [0.717, 1.165) is 0 Å². The van der Waals surface area contributed by atoms with E-state index in [1.54, 1.807) is 22.3 Å². The van der Waals surface area contributed by atoms with E-state index in [0.29, 0.717) is 7.25 Å². The number of allylic oxidation sites excluding steroid dienone is 5. The number of benzene rings is 1. The van der Waals surface area contributed by atoms with Gasteiger partial charge in [0.05, 0.1) is 0 Å². The van der Waals surface area contributed by atoms with Gasteiger partial charge in [-0.05, 0) is 0 Å². The van der Waals surface area contributed by atoms with Crippen molar-refractivity contribution >= 4 is 19.8 Å². The zero-order chi connectivity index (χ0) is 20.6. The van der Waals surface area contributed by atoms with E-state index >= 15 is 0 Å². The molecule has 4 rings (SSSR count). The quantitative estimate of drug-likeness (QED) is 0.457. The first-order valence-corrected chi connectivity index (χ1v) is 36.0. The van der Waals surface area contributed by atoms with Crippen molar-refractivity contribution in [3.05, 3.63) is 64.3 Å². The van der Waals surface area contributed by atoms with Crippen molar-refractivity contribution in [1.82, 2.24) is 0 Å². The van der Waals surface area contributed by atoms with Crippen LogP contribution >= 0.6 is 0 Å². The van der Waals surface area contributed by atoms with Crippen molar-refractivity contribution in [3.63, 3.8) is 0 Å². The molecule has 1 aromatic rings. The van der Waals surface area contributed by atoms with Crippen molar-refractivity contribution in [2.24, 2.45) is 0 Å². The molecule has 0 saturated heterocycles. The molecule has 0 N–H and O–H groups in total. The van der Waals surface area contributed by atoms with Crippen LogP contribution in [0.3, 0.4) is 0 Å². The minimum atomic E-state index is -4.68. The van der Waals surface area contributed by atoms with Crippen LogP contribution in [0.1, 0.15) is 58.5 Å². The average molecular weight is 559 g/mol. The average Bonchev–Trinajstić information content (AvgIpc) is 3.27. The third-order valence-corrected chi connectivity index (χ3v) is 40.6. The Hall–Kier alpha value is 0.337. The fourth-order valence-corrected chi connectivity index (χ4v) is 28.8. The molecule has 1 aromatic carbocycles. The molecule has 168 valence electrons. The van der Waals surface area contributed by atoms with Crippen molar-refractivity contribution in [2.45, 2.75) is 71.2 Å². The predicted octanol–water partition coefficient (Wildman–Crippen LogP) is 0.311. The van der Waals surface area contributed by atoms with Crippen LogP contribution in [0.5, 0.6) is 0 Å². The molecular formula is C25H40Cl2Si2Zr-2. The van der Waals surface area contributed by atoms with Gasteiger partial charge in [0.25, 0.3) is 0 Å². The second kappa shape index (κ2) is 6.06. The molecule has 5 heteroatoms.